The molecule has 0 saturated carbocycles. The topological polar surface area (TPSA) is 108 Å². The number of tetrazole rings is 1. The zero-order chi connectivity index (χ0) is 20.1. The average Bonchev–Trinajstić information content (AvgIpc) is 3.15. The molecule has 0 unspecified atom stereocenters. The number of Topliss-reactive ketones (excluding diaryl/α,β-unsaturated/α-hetero) is 1. The first-order chi connectivity index (χ1) is 13.5. The lowest BCUT2D eigenvalue weighted by molar-refractivity contribution is -0.117. The number of ether oxygens (including phenoxy) is 2. The Hall–Kier alpha value is -3.75. The van der Waals surface area contributed by atoms with Crippen molar-refractivity contribution in [2.45, 2.75) is 13.5 Å². The number of anilines is 1. The Bertz CT molecular complexity index is 1020. The van der Waals surface area contributed by atoms with Crippen molar-refractivity contribution in [2.75, 3.05) is 19.5 Å². The van der Waals surface area contributed by atoms with E-state index in [1.165, 1.54) is 18.8 Å². The van der Waals surface area contributed by atoms with Crippen LogP contribution in [0.5, 0.6) is 11.5 Å². The highest BCUT2D eigenvalue weighted by atomic mass is 16.5. The maximum atomic E-state index is 12.3. The predicted octanol–water partition coefficient (Wildman–Crippen LogP) is 2.20. The number of methoxy groups -OCH3 is 2. The van der Waals surface area contributed by atoms with E-state index in [0.717, 1.165) is 0 Å². The molecule has 28 heavy (non-hydrogen) atoms. The Morgan fingerprint density at radius 1 is 1.07 bits per heavy atom. The third-order valence-electron chi connectivity index (χ3n) is 3.96. The summed E-state index contributed by atoms with van der Waals surface area (Å²) in [5.74, 6) is 0.963. The largest absolute Gasteiger partial charge is 0.493 e. The summed E-state index contributed by atoms with van der Waals surface area (Å²) >= 11 is 0. The number of para-hydroxylation sites is 1. The molecule has 9 heteroatoms. The SMILES string of the molecule is COc1ccc(-c2nnn(CC(=O)Nc3ccccc3C(C)=O)n2)cc1OC. The first-order valence-corrected chi connectivity index (χ1v) is 8.42. The molecule has 0 aliphatic heterocycles. The van der Waals surface area contributed by atoms with E-state index in [0.29, 0.717) is 34.1 Å². The minimum absolute atomic E-state index is 0.134. The zero-order valence-electron chi connectivity index (χ0n) is 15.7. The van der Waals surface area contributed by atoms with Crippen molar-refractivity contribution < 1.29 is 19.1 Å². The van der Waals surface area contributed by atoms with E-state index in [1.807, 2.05) is 0 Å². The first kappa shape index (κ1) is 19.0. The van der Waals surface area contributed by atoms with Gasteiger partial charge in [-0.2, -0.15) is 4.80 Å². The molecular weight excluding hydrogens is 362 g/mol. The Balaban J connectivity index is 1.73. The summed E-state index contributed by atoms with van der Waals surface area (Å²) in [6.45, 7) is 1.30. The summed E-state index contributed by atoms with van der Waals surface area (Å²) in [5.41, 5.74) is 1.56. The number of hydrogen-bond donors (Lipinski definition) is 1. The number of rotatable bonds is 7. The zero-order valence-corrected chi connectivity index (χ0v) is 15.7. The predicted molar refractivity (Wildman–Crippen MR) is 101 cm³/mol. The molecule has 3 rings (SSSR count). The Morgan fingerprint density at radius 2 is 1.82 bits per heavy atom. The van der Waals surface area contributed by atoms with E-state index in [1.54, 1.807) is 49.6 Å². The minimum Gasteiger partial charge on any atom is -0.493 e. The first-order valence-electron chi connectivity index (χ1n) is 8.42. The molecule has 0 bridgehead atoms. The second-order valence-electron chi connectivity index (χ2n) is 5.86. The average molecular weight is 381 g/mol. The number of benzene rings is 2. The van der Waals surface area contributed by atoms with E-state index < -0.39 is 0 Å². The van der Waals surface area contributed by atoms with Crippen molar-refractivity contribution in [1.82, 2.24) is 20.2 Å². The van der Waals surface area contributed by atoms with Crippen LogP contribution in [0.1, 0.15) is 17.3 Å². The van der Waals surface area contributed by atoms with Gasteiger partial charge in [0.05, 0.1) is 19.9 Å². The summed E-state index contributed by atoms with van der Waals surface area (Å²) < 4.78 is 10.5. The standard InChI is InChI=1S/C19H19N5O4/c1-12(25)14-6-4-5-7-15(14)20-18(26)11-24-22-19(21-23-24)13-8-9-16(27-2)17(10-13)28-3/h4-10H,11H2,1-3H3,(H,20,26). The normalized spacial score (nSPS) is 10.4. The van der Waals surface area contributed by atoms with E-state index >= 15 is 0 Å². The van der Waals surface area contributed by atoms with Crippen LogP contribution >= 0.6 is 0 Å². The van der Waals surface area contributed by atoms with Gasteiger partial charge in [0.1, 0.15) is 6.54 Å². The summed E-state index contributed by atoms with van der Waals surface area (Å²) in [4.78, 5) is 25.1. The fourth-order valence-electron chi connectivity index (χ4n) is 2.62. The third-order valence-corrected chi connectivity index (χ3v) is 3.96. The van der Waals surface area contributed by atoms with Crippen LogP contribution in [0.2, 0.25) is 0 Å². The molecule has 1 amide bonds. The Kier molecular flexibility index (Phi) is 5.64. The number of ketones is 1. The summed E-state index contributed by atoms with van der Waals surface area (Å²) in [5, 5.41) is 14.8. The molecule has 1 heterocycles. The summed E-state index contributed by atoms with van der Waals surface area (Å²) in [6, 6.07) is 12.0. The van der Waals surface area contributed by atoms with Gasteiger partial charge in [0.15, 0.2) is 17.3 Å². The van der Waals surface area contributed by atoms with Gasteiger partial charge >= 0.3 is 0 Å². The van der Waals surface area contributed by atoms with Crippen molar-refractivity contribution >= 4 is 17.4 Å². The number of nitrogens with zero attached hydrogens (tertiary/aromatic N) is 4. The number of carbonyl (C=O) groups excluding carboxylic acids is 2. The monoisotopic (exact) mass is 381 g/mol. The fourth-order valence-corrected chi connectivity index (χ4v) is 2.62. The van der Waals surface area contributed by atoms with Crippen molar-refractivity contribution in [3.63, 3.8) is 0 Å². The fraction of sp³-hybridized carbons (Fsp3) is 0.211. The Morgan fingerprint density at radius 3 is 2.54 bits per heavy atom. The van der Waals surface area contributed by atoms with Crippen LogP contribution < -0.4 is 14.8 Å². The van der Waals surface area contributed by atoms with Gasteiger partial charge in [-0.05, 0) is 42.5 Å². The van der Waals surface area contributed by atoms with Crippen molar-refractivity contribution in [3.05, 3.63) is 48.0 Å². The van der Waals surface area contributed by atoms with Crippen LogP contribution in [0.3, 0.4) is 0 Å². The lowest BCUT2D eigenvalue weighted by atomic mass is 10.1. The summed E-state index contributed by atoms with van der Waals surface area (Å²) in [7, 11) is 3.09. The van der Waals surface area contributed by atoms with Crippen LogP contribution in [0.15, 0.2) is 42.5 Å². The van der Waals surface area contributed by atoms with Gasteiger partial charge in [0, 0.05) is 11.1 Å². The second-order valence-corrected chi connectivity index (χ2v) is 5.86. The van der Waals surface area contributed by atoms with Crippen molar-refractivity contribution in [3.8, 4) is 22.9 Å². The molecule has 9 nitrogen and oxygen atoms in total. The highest BCUT2D eigenvalue weighted by molar-refractivity contribution is 6.03. The van der Waals surface area contributed by atoms with Crippen molar-refractivity contribution in [1.29, 1.82) is 0 Å². The van der Waals surface area contributed by atoms with E-state index in [4.69, 9.17) is 9.47 Å². The van der Waals surface area contributed by atoms with Gasteiger partial charge in [-0.1, -0.05) is 12.1 Å². The molecule has 0 atom stereocenters. The Labute approximate surface area is 161 Å². The molecule has 0 saturated heterocycles. The van der Waals surface area contributed by atoms with E-state index in [-0.39, 0.29) is 18.2 Å². The van der Waals surface area contributed by atoms with Crippen LogP contribution in [0.4, 0.5) is 5.69 Å². The lowest BCUT2D eigenvalue weighted by Crippen LogP contribution is -2.21. The van der Waals surface area contributed by atoms with Crippen LogP contribution in [0, 0.1) is 0 Å². The smallest absolute Gasteiger partial charge is 0.248 e. The molecule has 1 aromatic heterocycles. The van der Waals surface area contributed by atoms with Crippen LogP contribution in [-0.4, -0.2) is 46.1 Å². The van der Waals surface area contributed by atoms with Gasteiger partial charge in [0.2, 0.25) is 11.7 Å². The molecular formula is C19H19N5O4. The number of hydrogen-bond acceptors (Lipinski definition) is 7. The number of aromatic nitrogens is 4. The maximum absolute atomic E-state index is 12.3. The van der Waals surface area contributed by atoms with Gasteiger partial charge in [-0.25, -0.2) is 0 Å². The second kappa shape index (κ2) is 8.30. The van der Waals surface area contributed by atoms with Gasteiger partial charge in [-0.3, -0.25) is 9.59 Å². The van der Waals surface area contributed by atoms with Gasteiger partial charge < -0.3 is 14.8 Å². The van der Waals surface area contributed by atoms with Crippen LogP contribution in [0.25, 0.3) is 11.4 Å². The number of carbonyl (C=O) groups is 2. The molecule has 2 aromatic carbocycles. The van der Waals surface area contributed by atoms with Crippen molar-refractivity contribution in [2.24, 2.45) is 0 Å². The molecule has 1 N–H and O–H groups in total. The highest BCUT2D eigenvalue weighted by Crippen LogP contribution is 2.30. The quantitative estimate of drug-likeness (QED) is 0.625. The molecule has 0 aliphatic carbocycles. The molecule has 0 aliphatic rings. The highest BCUT2D eigenvalue weighted by Gasteiger charge is 2.14. The van der Waals surface area contributed by atoms with Gasteiger partial charge in [0.25, 0.3) is 0 Å². The molecule has 3 aromatic rings. The van der Waals surface area contributed by atoms with Gasteiger partial charge in [-0.15, -0.1) is 10.2 Å². The third kappa shape index (κ3) is 4.14. The molecule has 0 radical (unpaired) electrons. The molecule has 0 fully saturated rings. The van der Waals surface area contributed by atoms with E-state index in [9.17, 15) is 9.59 Å². The molecule has 0 spiro atoms. The summed E-state index contributed by atoms with van der Waals surface area (Å²) in [6.07, 6.45) is 0. The van der Waals surface area contributed by atoms with E-state index in [2.05, 4.69) is 20.7 Å². The number of nitrogens with one attached hydrogen (secondary N) is 1. The number of amides is 1. The van der Waals surface area contributed by atoms with Crippen LogP contribution in [-0.2, 0) is 11.3 Å². The maximum Gasteiger partial charge on any atom is 0.248 e. The molecule has 144 valence electrons. The minimum atomic E-state index is -0.370. The lowest BCUT2D eigenvalue weighted by Gasteiger charge is -2.08.